The molecule has 1 aromatic carbocycles. The van der Waals surface area contributed by atoms with Gasteiger partial charge in [-0.25, -0.2) is 9.78 Å². The Bertz CT molecular complexity index is 759. The van der Waals surface area contributed by atoms with Gasteiger partial charge in [0.25, 0.3) is 0 Å². The number of hydrogen-bond acceptors (Lipinski definition) is 6. The number of carbonyl (C=O) groups excluding carboxylic acids is 1. The normalized spacial score (nSPS) is 13.2. The molecule has 25 heavy (non-hydrogen) atoms. The third-order valence-corrected chi connectivity index (χ3v) is 4.30. The van der Waals surface area contributed by atoms with Crippen molar-refractivity contribution in [3.8, 4) is 11.5 Å². The van der Waals surface area contributed by atoms with Crippen LogP contribution in [0, 0.1) is 0 Å². The molecule has 0 N–H and O–H groups in total. The molecule has 0 aliphatic carbocycles. The highest BCUT2D eigenvalue weighted by Crippen LogP contribution is 2.34. The minimum atomic E-state index is -0.345. The molecule has 0 fully saturated rings. The number of benzene rings is 1. The van der Waals surface area contributed by atoms with Crippen LogP contribution in [0.3, 0.4) is 0 Å². The van der Waals surface area contributed by atoms with Crippen LogP contribution in [0.2, 0.25) is 0 Å². The molecule has 0 saturated heterocycles. The second-order valence-electron chi connectivity index (χ2n) is 5.77. The molecule has 1 aromatic heterocycles. The predicted octanol–water partition coefficient (Wildman–Crippen LogP) is 2.84. The van der Waals surface area contributed by atoms with Crippen molar-refractivity contribution in [1.29, 1.82) is 0 Å². The summed E-state index contributed by atoms with van der Waals surface area (Å²) in [4.78, 5) is 18.3. The van der Waals surface area contributed by atoms with Gasteiger partial charge in [0.1, 0.15) is 5.82 Å². The fourth-order valence-corrected chi connectivity index (χ4v) is 2.99. The van der Waals surface area contributed by atoms with Crippen molar-refractivity contribution in [1.82, 2.24) is 4.98 Å². The Balaban J connectivity index is 1.79. The summed E-state index contributed by atoms with van der Waals surface area (Å²) in [6.45, 7) is 3.73. The molecule has 0 atom stereocenters. The van der Waals surface area contributed by atoms with Crippen molar-refractivity contribution < 1.29 is 19.0 Å². The Hall–Kier alpha value is -2.76. The maximum absolute atomic E-state index is 11.7. The zero-order valence-electron chi connectivity index (χ0n) is 14.7. The van der Waals surface area contributed by atoms with Crippen LogP contribution in [0.1, 0.15) is 28.4 Å². The maximum Gasteiger partial charge on any atom is 0.339 e. The van der Waals surface area contributed by atoms with Crippen LogP contribution in [0.25, 0.3) is 0 Å². The molecule has 0 amide bonds. The van der Waals surface area contributed by atoms with Gasteiger partial charge in [-0.1, -0.05) is 0 Å². The number of rotatable bonds is 5. The van der Waals surface area contributed by atoms with Gasteiger partial charge >= 0.3 is 5.97 Å². The van der Waals surface area contributed by atoms with Crippen LogP contribution in [0.15, 0.2) is 30.5 Å². The minimum absolute atomic E-state index is 0.345. The number of anilines is 1. The number of esters is 1. The average Bonchev–Trinajstić information content (AvgIpc) is 2.66. The van der Waals surface area contributed by atoms with Crippen molar-refractivity contribution in [2.24, 2.45) is 0 Å². The number of ether oxygens (including phenoxy) is 3. The van der Waals surface area contributed by atoms with E-state index in [0.717, 1.165) is 36.8 Å². The summed E-state index contributed by atoms with van der Waals surface area (Å²) in [6, 6.07) is 7.68. The number of aromatic nitrogens is 1. The first kappa shape index (κ1) is 17.1. The van der Waals surface area contributed by atoms with E-state index in [1.54, 1.807) is 33.4 Å². The lowest BCUT2D eigenvalue weighted by atomic mass is 9.98. The average molecular weight is 342 g/mol. The molecular formula is C19H22N2O4. The zero-order valence-corrected chi connectivity index (χ0v) is 14.7. The number of pyridine rings is 1. The molecule has 2 aromatic rings. The van der Waals surface area contributed by atoms with E-state index in [1.165, 1.54) is 11.1 Å². The fourth-order valence-electron chi connectivity index (χ4n) is 2.99. The van der Waals surface area contributed by atoms with E-state index in [-0.39, 0.29) is 5.97 Å². The lowest BCUT2D eigenvalue weighted by molar-refractivity contribution is 0.0526. The quantitative estimate of drug-likeness (QED) is 0.779. The van der Waals surface area contributed by atoms with Crippen molar-refractivity contribution in [2.75, 3.05) is 32.3 Å². The van der Waals surface area contributed by atoms with E-state index in [4.69, 9.17) is 14.2 Å². The van der Waals surface area contributed by atoms with Crippen molar-refractivity contribution in [3.63, 3.8) is 0 Å². The molecule has 0 radical (unpaired) electrons. The highest BCUT2D eigenvalue weighted by molar-refractivity contribution is 5.89. The van der Waals surface area contributed by atoms with Gasteiger partial charge in [-0.3, -0.25) is 0 Å². The van der Waals surface area contributed by atoms with Crippen molar-refractivity contribution >= 4 is 11.8 Å². The second kappa shape index (κ2) is 7.42. The van der Waals surface area contributed by atoms with Gasteiger partial charge in [0.2, 0.25) is 0 Å². The molecule has 6 heteroatoms. The largest absolute Gasteiger partial charge is 0.493 e. The molecule has 6 nitrogen and oxygen atoms in total. The Morgan fingerprint density at radius 3 is 2.48 bits per heavy atom. The smallest absolute Gasteiger partial charge is 0.339 e. The Morgan fingerprint density at radius 1 is 1.16 bits per heavy atom. The van der Waals surface area contributed by atoms with Crippen molar-refractivity contribution in [2.45, 2.75) is 19.9 Å². The maximum atomic E-state index is 11.7. The summed E-state index contributed by atoms with van der Waals surface area (Å²) >= 11 is 0. The van der Waals surface area contributed by atoms with E-state index in [1.807, 2.05) is 18.2 Å². The van der Waals surface area contributed by atoms with Gasteiger partial charge in [-0.2, -0.15) is 0 Å². The second-order valence-corrected chi connectivity index (χ2v) is 5.77. The predicted molar refractivity (Wildman–Crippen MR) is 94.5 cm³/mol. The molecule has 1 aliphatic heterocycles. The number of hydrogen-bond donors (Lipinski definition) is 0. The van der Waals surface area contributed by atoms with Crippen LogP contribution >= 0.6 is 0 Å². The number of fused-ring (bicyclic) bond motifs is 1. The summed E-state index contributed by atoms with van der Waals surface area (Å²) in [5.74, 6) is 1.98. The molecule has 0 saturated carbocycles. The Kier molecular flexibility index (Phi) is 5.07. The van der Waals surface area contributed by atoms with E-state index >= 15 is 0 Å². The number of methoxy groups -OCH3 is 2. The van der Waals surface area contributed by atoms with Crippen LogP contribution in [0.5, 0.6) is 11.5 Å². The molecule has 0 spiro atoms. The Labute approximate surface area is 147 Å². The molecule has 0 bridgehead atoms. The van der Waals surface area contributed by atoms with Gasteiger partial charge in [0, 0.05) is 19.3 Å². The molecule has 132 valence electrons. The summed E-state index contributed by atoms with van der Waals surface area (Å²) in [5, 5.41) is 0. The molecular weight excluding hydrogens is 320 g/mol. The zero-order chi connectivity index (χ0) is 17.8. The van der Waals surface area contributed by atoms with Crippen LogP contribution in [-0.4, -0.2) is 38.3 Å². The topological polar surface area (TPSA) is 60.9 Å². The van der Waals surface area contributed by atoms with Crippen molar-refractivity contribution in [3.05, 3.63) is 47.2 Å². The van der Waals surface area contributed by atoms with Gasteiger partial charge in [-0.15, -0.1) is 0 Å². The van der Waals surface area contributed by atoms with E-state index in [0.29, 0.717) is 12.2 Å². The van der Waals surface area contributed by atoms with Gasteiger partial charge < -0.3 is 19.1 Å². The Morgan fingerprint density at radius 2 is 1.88 bits per heavy atom. The summed E-state index contributed by atoms with van der Waals surface area (Å²) in [5.41, 5.74) is 2.92. The lowest BCUT2D eigenvalue weighted by Crippen LogP contribution is -2.31. The van der Waals surface area contributed by atoms with E-state index in [2.05, 4.69) is 9.88 Å². The highest BCUT2D eigenvalue weighted by atomic mass is 16.5. The van der Waals surface area contributed by atoms with Gasteiger partial charge in [0.15, 0.2) is 11.5 Å². The first-order valence-corrected chi connectivity index (χ1v) is 8.28. The fraction of sp³-hybridized carbons (Fsp3) is 0.368. The van der Waals surface area contributed by atoms with Gasteiger partial charge in [0.05, 0.1) is 26.4 Å². The molecule has 2 heterocycles. The lowest BCUT2D eigenvalue weighted by Gasteiger charge is -2.30. The summed E-state index contributed by atoms with van der Waals surface area (Å²) in [6.07, 6.45) is 2.47. The number of nitrogens with zero attached hydrogens (tertiary/aromatic N) is 2. The van der Waals surface area contributed by atoms with Crippen LogP contribution in [-0.2, 0) is 17.7 Å². The molecule has 3 rings (SSSR count). The molecule has 0 unspecified atom stereocenters. The highest BCUT2D eigenvalue weighted by Gasteiger charge is 2.20. The third kappa shape index (κ3) is 3.52. The summed E-state index contributed by atoms with van der Waals surface area (Å²) < 4.78 is 15.8. The van der Waals surface area contributed by atoms with E-state index < -0.39 is 0 Å². The monoisotopic (exact) mass is 342 g/mol. The summed E-state index contributed by atoms with van der Waals surface area (Å²) in [7, 11) is 3.29. The first-order chi connectivity index (χ1) is 12.2. The van der Waals surface area contributed by atoms with Gasteiger partial charge in [-0.05, 0) is 48.7 Å². The van der Waals surface area contributed by atoms with Crippen LogP contribution in [0.4, 0.5) is 5.82 Å². The standard InChI is InChI=1S/C19H22N2O4/c1-4-25-19(22)14-5-6-18(20-11-14)21-8-7-13-9-16(23-2)17(24-3)10-15(13)12-21/h5-6,9-11H,4,7-8,12H2,1-3H3. The van der Waals surface area contributed by atoms with E-state index in [9.17, 15) is 4.79 Å². The SMILES string of the molecule is CCOC(=O)c1ccc(N2CCc3cc(OC)c(OC)cc3C2)nc1. The molecule has 1 aliphatic rings. The first-order valence-electron chi connectivity index (χ1n) is 8.28. The minimum Gasteiger partial charge on any atom is -0.493 e. The number of carbonyl (C=O) groups is 1. The van der Waals surface area contributed by atoms with Crippen LogP contribution < -0.4 is 14.4 Å². The third-order valence-electron chi connectivity index (χ3n) is 4.30.